The van der Waals surface area contributed by atoms with Crippen LogP contribution in [0.4, 0.5) is 0 Å². The van der Waals surface area contributed by atoms with Crippen LogP contribution in [0.2, 0.25) is 0 Å². The number of fused-ring (bicyclic) bond motifs is 2. The van der Waals surface area contributed by atoms with Gasteiger partial charge in [-0.25, -0.2) is 9.59 Å². The largest absolute Gasteiger partial charge is 0.481 e. The second-order valence-electron chi connectivity index (χ2n) is 5.76. The molecule has 0 spiro atoms. The summed E-state index contributed by atoms with van der Waals surface area (Å²) in [4.78, 5) is 35.4. The van der Waals surface area contributed by atoms with E-state index in [2.05, 4.69) is 0 Å². The summed E-state index contributed by atoms with van der Waals surface area (Å²) in [5, 5.41) is 9.76. The van der Waals surface area contributed by atoms with Gasteiger partial charge in [-0.05, 0) is 17.7 Å². The topological polar surface area (TPSA) is 93.8 Å². The first-order chi connectivity index (χ1) is 12.0. The molecule has 0 saturated heterocycles. The second-order valence-corrected chi connectivity index (χ2v) is 5.76. The maximum atomic E-state index is 12.4. The number of esters is 1. The van der Waals surface area contributed by atoms with E-state index in [0.717, 1.165) is 0 Å². The van der Waals surface area contributed by atoms with Crippen molar-refractivity contribution in [3.8, 4) is 11.1 Å². The molecule has 0 amide bonds. The normalized spacial score (nSPS) is 12.9. The summed E-state index contributed by atoms with van der Waals surface area (Å²) in [5.74, 6) is -1.58. The van der Waals surface area contributed by atoms with Crippen LogP contribution in [-0.2, 0) is 22.6 Å². The van der Waals surface area contributed by atoms with E-state index in [1.165, 1.54) is 6.07 Å². The molecule has 6 heteroatoms. The third kappa shape index (κ3) is 2.48. The average molecular weight is 336 g/mol. The first-order valence-corrected chi connectivity index (χ1v) is 7.61. The highest BCUT2D eigenvalue weighted by Crippen LogP contribution is 2.34. The van der Waals surface area contributed by atoms with Gasteiger partial charge in [-0.2, -0.15) is 0 Å². The zero-order valence-corrected chi connectivity index (χ0v) is 12.9. The molecule has 0 fully saturated rings. The van der Waals surface area contributed by atoms with Crippen LogP contribution in [0.5, 0.6) is 0 Å². The van der Waals surface area contributed by atoms with Gasteiger partial charge >= 0.3 is 17.6 Å². The molecule has 2 heterocycles. The summed E-state index contributed by atoms with van der Waals surface area (Å²) in [6, 6.07) is 12.3. The van der Waals surface area contributed by atoms with Crippen molar-refractivity contribution < 1.29 is 23.8 Å². The number of carboxylic acid groups (broad SMARTS) is 1. The first-order valence-electron chi connectivity index (χ1n) is 7.61. The minimum Gasteiger partial charge on any atom is -0.481 e. The maximum Gasteiger partial charge on any atom is 0.340 e. The van der Waals surface area contributed by atoms with Gasteiger partial charge in [0.1, 0.15) is 12.2 Å². The van der Waals surface area contributed by atoms with Gasteiger partial charge in [0, 0.05) is 16.5 Å². The predicted molar refractivity (Wildman–Crippen MR) is 88.4 cm³/mol. The molecule has 3 aromatic rings. The highest BCUT2D eigenvalue weighted by atomic mass is 16.5. The standard InChI is InChI=1S/C19H12O6/c20-16(21)8-14-17(10-4-2-1-3-5-10)13-6-11-9-24-18(22)12(11)7-15(13)25-19(14)23/h1-7H,8-9H2,(H,20,21). The molecule has 0 unspecified atom stereocenters. The van der Waals surface area contributed by atoms with Crippen molar-refractivity contribution >= 4 is 22.9 Å². The number of carbonyl (C=O) groups is 2. The Bertz CT molecular complexity index is 1080. The van der Waals surface area contributed by atoms with E-state index in [-0.39, 0.29) is 17.8 Å². The van der Waals surface area contributed by atoms with Crippen molar-refractivity contribution in [3.05, 3.63) is 69.6 Å². The molecular weight excluding hydrogens is 324 g/mol. The van der Waals surface area contributed by atoms with Crippen molar-refractivity contribution in [2.75, 3.05) is 0 Å². The van der Waals surface area contributed by atoms with Crippen molar-refractivity contribution in [1.82, 2.24) is 0 Å². The third-order valence-electron chi connectivity index (χ3n) is 4.19. The van der Waals surface area contributed by atoms with Gasteiger partial charge in [0.15, 0.2) is 0 Å². The lowest BCUT2D eigenvalue weighted by Crippen LogP contribution is -2.15. The van der Waals surface area contributed by atoms with Gasteiger partial charge in [-0.15, -0.1) is 0 Å². The molecule has 124 valence electrons. The minimum absolute atomic E-state index is 0.0800. The minimum atomic E-state index is -1.12. The molecule has 1 aliphatic rings. The molecule has 1 N–H and O–H groups in total. The highest BCUT2D eigenvalue weighted by molar-refractivity contribution is 6.02. The number of ether oxygens (including phenoxy) is 1. The van der Waals surface area contributed by atoms with Crippen molar-refractivity contribution in [1.29, 1.82) is 0 Å². The van der Waals surface area contributed by atoms with Gasteiger partial charge in [0.25, 0.3) is 0 Å². The number of hydrogen-bond donors (Lipinski definition) is 1. The number of rotatable bonds is 3. The Hall–Kier alpha value is -3.41. The molecule has 0 radical (unpaired) electrons. The van der Waals surface area contributed by atoms with Crippen LogP contribution in [0, 0.1) is 0 Å². The third-order valence-corrected chi connectivity index (χ3v) is 4.19. The number of benzene rings is 2. The number of carbonyl (C=O) groups excluding carboxylic acids is 1. The van der Waals surface area contributed by atoms with E-state index >= 15 is 0 Å². The molecular formula is C19H12O6. The van der Waals surface area contributed by atoms with E-state index in [0.29, 0.717) is 27.6 Å². The van der Waals surface area contributed by atoms with Gasteiger partial charge in [-0.3, -0.25) is 4.79 Å². The fourth-order valence-electron chi connectivity index (χ4n) is 3.11. The summed E-state index contributed by atoms with van der Waals surface area (Å²) in [6.45, 7) is 0.145. The quantitative estimate of drug-likeness (QED) is 0.584. The van der Waals surface area contributed by atoms with E-state index in [4.69, 9.17) is 9.15 Å². The Balaban J connectivity index is 2.11. The summed E-state index contributed by atoms with van der Waals surface area (Å²) >= 11 is 0. The molecule has 25 heavy (non-hydrogen) atoms. The number of hydrogen-bond acceptors (Lipinski definition) is 5. The van der Waals surface area contributed by atoms with Gasteiger partial charge in [-0.1, -0.05) is 30.3 Å². The average Bonchev–Trinajstić information content (AvgIpc) is 2.95. The molecule has 0 atom stereocenters. The fraction of sp³-hybridized carbons (Fsp3) is 0.105. The smallest absolute Gasteiger partial charge is 0.340 e. The molecule has 1 aliphatic heterocycles. The summed E-state index contributed by atoms with van der Waals surface area (Å²) in [5.41, 5.74) is 1.86. The van der Waals surface area contributed by atoms with E-state index in [1.807, 2.05) is 6.07 Å². The number of cyclic esters (lactones) is 1. The zero-order chi connectivity index (χ0) is 17.6. The van der Waals surface area contributed by atoms with E-state index in [1.54, 1.807) is 30.3 Å². The first kappa shape index (κ1) is 15.1. The van der Waals surface area contributed by atoms with Crippen LogP contribution < -0.4 is 5.63 Å². The lowest BCUT2D eigenvalue weighted by molar-refractivity contribution is -0.136. The zero-order valence-electron chi connectivity index (χ0n) is 12.9. The van der Waals surface area contributed by atoms with Crippen LogP contribution in [-0.4, -0.2) is 17.0 Å². The molecule has 4 rings (SSSR count). The summed E-state index contributed by atoms with van der Waals surface area (Å²) in [7, 11) is 0. The summed E-state index contributed by atoms with van der Waals surface area (Å²) in [6.07, 6.45) is -0.449. The van der Waals surface area contributed by atoms with Gasteiger partial charge in [0.05, 0.1) is 17.5 Å². The Morgan fingerprint density at radius 2 is 1.88 bits per heavy atom. The van der Waals surface area contributed by atoms with Crippen molar-refractivity contribution in [2.45, 2.75) is 13.0 Å². The molecule has 2 aromatic carbocycles. The molecule has 0 bridgehead atoms. The van der Waals surface area contributed by atoms with Crippen LogP contribution in [0.1, 0.15) is 21.5 Å². The van der Waals surface area contributed by atoms with Crippen molar-refractivity contribution in [3.63, 3.8) is 0 Å². The maximum absolute atomic E-state index is 12.4. The molecule has 0 aliphatic carbocycles. The molecule has 6 nitrogen and oxygen atoms in total. The van der Waals surface area contributed by atoms with Gasteiger partial charge in [0.2, 0.25) is 0 Å². The highest BCUT2D eigenvalue weighted by Gasteiger charge is 2.25. The predicted octanol–water partition coefficient (Wildman–Crippen LogP) is 2.76. The molecule has 0 saturated carbocycles. The monoisotopic (exact) mass is 336 g/mol. The lowest BCUT2D eigenvalue weighted by Gasteiger charge is -2.11. The SMILES string of the molecule is O=C(O)Cc1c(-c2ccccc2)c2cc3c(cc2oc1=O)C(=O)OC3. The van der Waals surface area contributed by atoms with Crippen molar-refractivity contribution in [2.24, 2.45) is 0 Å². The lowest BCUT2D eigenvalue weighted by atomic mass is 9.93. The second kappa shape index (κ2) is 5.59. The van der Waals surface area contributed by atoms with Crippen LogP contribution in [0.25, 0.3) is 22.1 Å². The number of carboxylic acids is 1. The van der Waals surface area contributed by atoms with Crippen LogP contribution in [0.15, 0.2) is 51.7 Å². The summed E-state index contributed by atoms with van der Waals surface area (Å²) < 4.78 is 10.3. The fourth-order valence-corrected chi connectivity index (χ4v) is 3.11. The Labute approximate surface area is 141 Å². The van der Waals surface area contributed by atoms with Gasteiger partial charge < -0.3 is 14.3 Å². The Morgan fingerprint density at radius 1 is 1.12 bits per heavy atom. The van der Waals surface area contributed by atoms with Crippen LogP contribution in [0.3, 0.4) is 0 Å². The molecule has 1 aromatic heterocycles. The van der Waals surface area contributed by atoms with E-state index in [9.17, 15) is 19.5 Å². The van der Waals surface area contributed by atoms with Crippen LogP contribution >= 0.6 is 0 Å². The number of aliphatic carboxylic acids is 1. The Morgan fingerprint density at radius 3 is 2.60 bits per heavy atom. The Kier molecular flexibility index (Phi) is 3.39. The van der Waals surface area contributed by atoms with E-state index < -0.39 is 24.0 Å².